The summed E-state index contributed by atoms with van der Waals surface area (Å²) in [5, 5.41) is 14.7. The van der Waals surface area contributed by atoms with Crippen LogP contribution in [0.25, 0.3) is 0 Å². The summed E-state index contributed by atoms with van der Waals surface area (Å²) in [4.78, 5) is 11.9. The van der Waals surface area contributed by atoms with Crippen molar-refractivity contribution in [2.24, 2.45) is 0 Å². The van der Waals surface area contributed by atoms with Crippen LogP contribution in [-0.2, 0) is 4.79 Å². The molecule has 1 atom stereocenters. The largest absolute Gasteiger partial charge is 0.325 e. The van der Waals surface area contributed by atoms with Crippen LogP contribution in [0.15, 0.2) is 24.3 Å². The molecule has 2 N–H and O–H groups in total. The topological polar surface area (TPSA) is 64.9 Å². The zero-order chi connectivity index (χ0) is 12.1. The molecular formula is C13H16ClN3O. The van der Waals surface area contributed by atoms with Gasteiger partial charge in [0.05, 0.1) is 17.7 Å². The van der Waals surface area contributed by atoms with Gasteiger partial charge < -0.3 is 10.6 Å². The first-order chi connectivity index (χ1) is 8.29. The average Bonchev–Trinajstić information content (AvgIpc) is 2.40. The second-order valence-corrected chi connectivity index (χ2v) is 4.18. The number of halogens is 1. The molecule has 0 saturated carbocycles. The number of benzene rings is 1. The highest BCUT2D eigenvalue weighted by Crippen LogP contribution is 2.12. The molecule has 0 spiro atoms. The number of amides is 1. The molecule has 1 fully saturated rings. The fourth-order valence-corrected chi connectivity index (χ4v) is 1.93. The maximum Gasteiger partial charge on any atom is 0.241 e. The molecule has 0 radical (unpaired) electrons. The van der Waals surface area contributed by atoms with Crippen molar-refractivity contribution in [3.05, 3.63) is 29.8 Å². The number of rotatable bonds is 2. The SMILES string of the molecule is Cl.N#Cc1ccc(NC(=O)[C@H]2CCCCN2)cc1. The first kappa shape index (κ1) is 14.5. The van der Waals surface area contributed by atoms with Gasteiger partial charge in [0.25, 0.3) is 0 Å². The minimum absolute atomic E-state index is 0. The van der Waals surface area contributed by atoms with E-state index < -0.39 is 0 Å². The highest BCUT2D eigenvalue weighted by atomic mass is 35.5. The van der Waals surface area contributed by atoms with Gasteiger partial charge in [0.1, 0.15) is 0 Å². The summed E-state index contributed by atoms with van der Waals surface area (Å²) < 4.78 is 0. The molecular weight excluding hydrogens is 250 g/mol. The van der Waals surface area contributed by atoms with Crippen molar-refractivity contribution in [1.29, 1.82) is 5.26 Å². The van der Waals surface area contributed by atoms with E-state index in [-0.39, 0.29) is 24.4 Å². The summed E-state index contributed by atoms with van der Waals surface area (Å²) in [5.41, 5.74) is 1.33. The van der Waals surface area contributed by atoms with Crippen molar-refractivity contribution in [1.82, 2.24) is 5.32 Å². The Bertz CT molecular complexity index is 433. The van der Waals surface area contributed by atoms with Gasteiger partial charge in [-0.3, -0.25) is 4.79 Å². The first-order valence-electron chi connectivity index (χ1n) is 5.84. The molecule has 1 amide bonds. The first-order valence-corrected chi connectivity index (χ1v) is 5.84. The third-order valence-corrected chi connectivity index (χ3v) is 2.91. The molecule has 1 heterocycles. The predicted molar refractivity (Wildman–Crippen MR) is 72.7 cm³/mol. The molecule has 1 saturated heterocycles. The molecule has 1 aromatic rings. The van der Waals surface area contributed by atoms with E-state index in [1.807, 2.05) is 6.07 Å². The smallest absolute Gasteiger partial charge is 0.241 e. The van der Waals surface area contributed by atoms with Crippen molar-refractivity contribution in [3.8, 4) is 6.07 Å². The number of nitriles is 1. The lowest BCUT2D eigenvalue weighted by molar-refractivity contribution is -0.118. The molecule has 96 valence electrons. The summed E-state index contributed by atoms with van der Waals surface area (Å²) in [6, 6.07) is 8.86. The van der Waals surface area contributed by atoms with E-state index in [0.717, 1.165) is 31.5 Å². The standard InChI is InChI=1S/C13H15N3O.ClH/c14-9-10-4-6-11(7-5-10)16-13(17)12-3-1-2-8-15-12;/h4-7,12,15H,1-3,8H2,(H,16,17);1H/t12-;/m1./s1. The van der Waals surface area contributed by atoms with Crippen molar-refractivity contribution in [2.75, 3.05) is 11.9 Å². The minimum Gasteiger partial charge on any atom is -0.325 e. The Morgan fingerprint density at radius 2 is 2.06 bits per heavy atom. The van der Waals surface area contributed by atoms with Gasteiger partial charge in [-0.05, 0) is 43.7 Å². The molecule has 18 heavy (non-hydrogen) atoms. The van der Waals surface area contributed by atoms with Crippen LogP contribution >= 0.6 is 12.4 Å². The number of hydrogen-bond acceptors (Lipinski definition) is 3. The summed E-state index contributed by atoms with van der Waals surface area (Å²) in [6.07, 6.45) is 3.13. The molecule has 0 unspecified atom stereocenters. The van der Waals surface area contributed by atoms with E-state index in [4.69, 9.17) is 5.26 Å². The van der Waals surface area contributed by atoms with Crippen LogP contribution in [0.1, 0.15) is 24.8 Å². The van der Waals surface area contributed by atoms with E-state index in [0.29, 0.717) is 5.56 Å². The van der Waals surface area contributed by atoms with Gasteiger partial charge in [0.2, 0.25) is 5.91 Å². The Kier molecular flexibility index (Phi) is 5.63. The van der Waals surface area contributed by atoms with Gasteiger partial charge in [0, 0.05) is 5.69 Å². The van der Waals surface area contributed by atoms with Crippen LogP contribution < -0.4 is 10.6 Å². The summed E-state index contributed by atoms with van der Waals surface area (Å²) >= 11 is 0. The zero-order valence-electron chi connectivity index (χ0n) is 9.98. The third kappa shape index (κ3) is 3.73. The molecule has 4 nitrogen and oxygen atoms in total. The maximum atomic E-state index is 11.9. The van der Waals surface area contributed by atoms with Crippen LogP contribution in [-0.4, -0.2) is 18.5 Å². The number of carbonyl (C=O) groups excluding carboxylic acids is 1. The molecule has 2 rings (SSSR count). The Labute approximate surface area is 113 Å². The Hall–Kier alpha value is -1.57. The van der Waals surface area contributed by atoms with E-state index in [1.165, 1.54) is 0 Å². The van der Waals surface area contributed by atoms with Gasteiger partial charge >= 0.3 is 0 Å². The van der Waals surface area contributed by atoms with Crippen LogP contribution in [0.3, 0.4) is 0 Å². The van der Waals surface area contributed by atoms with Gasteiger partial charge in [-0.2, -0.15) is 5.26 Å². The lowest BCUT2D eigenvalue weighted by Crippen LogP contribution is -2.43. The summed E-state index contributed by atoms with van der Waals surface area (Å²) in [5.74, 6) is 0.00871. The van der Waals surface area contributed by atoms with Crippen molar-refractivity contribution < 1.29 is 4.79 Å². The number of anilines is 1. The number of piperidine rings is 1. The van der Waals surface area contributed by atoms with E-state index in [9.17, 15) is 4.79 Å². The van der Waals surface area contributed by atoms with E-state index in [2.05, 4.69) is 10.6 Å². The van der Waals surface area contributed by atoms with Crippen molar-refractivity contribution in [2.45, 2.75) is 25.3 Å². The Morgan fingerprint density at radius 1 is 1.33 bits per heavy atom. The number of nitrogens with one attached hydrogen (secondary N) is 2. The predicted octanol–water partition coefficient (Wildman–Crippen LogP) is 2.06. The highest BCUT2D eigenvalue weighted by Gasteiger charge is 2.20. The van der Waals surface area contributed by atoms with Gasteiger partial charge in [-0.25, -0.2) is 0 Å². The maximum absolute atomic E-state index is 11.9. The quantitative estimate of drug-likeness (QED) is 0.860. The fourth-order valence-electron chi connectivity index (χ4n) is 1.93. The molecule has 1 aliphatic rings. The average molecular weight is 266 g/mol. The molecule has 1 aromatic carbocycles. The van der Waals surface area contributed by atoms with Crippen molar-refractivity contribution >= 4 is 24.0 Å². The molecule has 0 aromatic heterocycles. The summed E-state index contributed by atoms with van der Waals surface area (Å²) in [7, 11) is 0. The fraction of sp³-hybridized carbons (Fsp3) is 0.385. The molecule has 0 bridgehead atoms. The number of nitrogens with zero attached hydrogens (tertiary/aromatic N) is 1. The van der Waals surface area contributed by atoms with Crippen molar-refractivity contribution in [3.63, 3.8) is 0 Å². The van der Waals surface area contributed by atoms with Crippen LogP contribution in [0, 0.1) is 11.3 Å². The lowest BCUT2D eigenvalue weighted by atomic mass is 10.0. The molecule has 0 aliphatic carbocycles. The van der Waals surface area contributed by atoms with Crippen LogP contribution in [0.2, 0.25) is 0 Å². The second-order valence-electron chi connectivity index (χ2n) is 4.18. The Balaban J connectivity index is 0.00000162. The van der Waals surface area contributed by atoms with E-state index >= 15 is 0 Å². The van der Waals surface area contributed by atoms with Crippen LogP contribution in [0.5, 0.6) is 0 Å². The van der Waals surface area contributed by atoms with Gasteiger partial charge in [-0.15, -0.1) is 12.4 Å². The zero-order valence-corrected chi connectivity index (χ0v) is 10.8. The third-order valence-electron chi connectivity index (χ3n) is 2.91. The van der Waals surface area contributed by atoms with Gasteiger partial charge in [-0.1, -0.05) is 6.42 Å². The number of carbonyl (C=O) groups is 1. The molecule has 5 heteroatoms. The van der Waals surface area contributed by atoms with Crippen LogP contribution in [0.4, 0.5) is 5.69 Å². The normalized spacial score (nSPS) is 18.3. The molecule has 1 aliphatic heterocycles. The Morgan fingerprint density at radius 3 is 2.61 bits per heavy atom. The highest BCUT2D eigenvalue weighted by molar-refractivity contribution is 5.94. The number of hydrogen-bond donors (Lipinski definition) is 2. The minimum atomic E-state index is -0.0839. The summed E-state index contributed by atoms with van der Waals surface area (Å²) in [6.45, 7) is 0.908. The van der Waals surface area contributed by atoms with Gasteiger partial charge in [0.15, 0.2) is 0 Å². The monoisotopic (exact) mass is 265 g/mol. The van der Waals surface area contributed by atoms with E-state index in [1.54, 1.807) is 24.3 Å². The lowest BCUT2D eigenvalue weighted by Gasteiger charge is -2.22. The second kappa shape index (κ2) is 7.00.